The van der Waals surface area contributed by atoms with Crippen LogP contribution in [0.1, 0.15) is 18.4 Å². The van der Waals surface area contributed by atoms with Gasteiger partial charge in [-0.15, -0.1) is 0 Å². The monoisotopic (exact) mass is 237 g/mol. The van der Waals surface area contributed by atoms with Gasteiger partial charge in [-0.3, -0.25) is 0 Å². The number of carbonyl (C=O) groups is 1. The Balaban J connectivity index is 2.14. The largest absolute Gasteiger partial charge is 0.464 e. The van der Waals surface area contributed by atoms with Crippen molar-refractivity contribution >= 4 is 29.6 Å². The van der Waals surface area contributed by atoms with E-state index >= 15 is 0 Å². The van der Waals surface area contributed by atoms with E-state index in [9.17, 15) is 4.79 Å². The van der Waals surface area contributed by atoms with E-state index in [0.717, 1.165) is 5.56 Å². The van der Waals surface area contributed by atoms with Crippen LogP contribution in [0.15, 0.2) is 30.3 Å². The number of halogens is 1. The molecule has 4 heteroatoms. The smallest absolute Gasteiger partial charge is 0.426 e. The van der Waals surface area contributed by atoms with Crippen LogP contribution in [0.2, 0.25) is 0 Å². The van der Waals surface area contributed by atoms with Gasteiger partial charge >= 0.3 is 6.09 Å². The first-order valence-electron chi connectivity index (χ1n) is 5.14. The molecule has 1 saturated carbocycles. The summed E-state index contributed by atoms with van der Waals surface area (Å²) in [6, 6.07) is 7.13. The number of benzene rings is 1. The molecule has 1 amide bonds. The Morgan fingerprint density at radius 1 is 1.50 bits per heavy atom. The summed E-state index contributed by atoms with van der Waals surface area (Å²) in [6.07, 6.45) is 5.50. The zero-order valence-corrected chi connectivity index (χ0v) is 9.39. The molecule has 0 atom stereocenters. The average Bonchev–Trinajstić information content (AvgIpc) is 3.09. The van der Waals surface area contributed by atoms with E-state index < -0.39 is 6.09 Å². The van der Waals surface area contributed by atoms with Crippen molar-refractivity contribution in [2.45, 2.75) is 12.8 Å². The van der Waals surface area contributed by atoms with Crippen LogP contribution < -0.4 is 4.42 Å². The van der Waals surface area contributed by atoms with Crippen LogP contribution >= 0.6 is 11.8 Å². The molecule has 3 nitrogen and oxygen atoms in total. The molecular formula is C12H12ClNO2. The second-order valence-electron chi connectivity index (χ2n) is 3.85. The summed E-state index contributed by atoms with van der Waals surface area (Å²) in [7, 11) is 0. The lowest BCUT2D eigenvalue weighted by atomic mass is 10.1. The first-order chi connectivity index (χ1) is 7.66. The maximum atomic E-state index is 10.7. The molecule has 1 fully saturated rings. The van der Waals surface area contributed by atoms with Gasteiger partial charge < -0.3 is 5.11 Å². The molecule has 84 valence electrons. The molecule has 1 N–H and O–H groups in total. The Labute approximate surface area is 99.1 Å². The van der Waals surface area contributed by atoms with Crippen molar-refractivity contribution in [3.63, 3.8) is 0 Å². The van der Waals surface area contributed by atoms with E-state index in [1.165, 1.54) is 12.8 Å². The van der Waals surface area contributed by atoms with Crippen LogP contribution in [0, 0.1) is 5.92 Å². The molecule has 16 heavy (non-hydrogen) atoms. The quantitative estimate of drug-likeness (QED) is 0.814. The topological polar surface area (TPSA) is 40.5 Å². The second kappa shape index (κ2) is 4.58. The third-order valence-electron chi connectivity index (χ3n) is 2.45. The van der Waals surface area contributed by atoms with E-state index in [2.05, 4.69) is 6.08 Å². The standard InChI is InChI=1S/C12H12ClNO2/c13-14(12(15)16)11-3-1-2-10(8-11)7-6-9-4-5-9/h1-3,6-9H,4-5H2,(H,15,16). The first-order valence-corrected chi connectivity index (χ1v) is 5.48. The van der Waals surface area contributed by atoms with Crippen molar-refractivity contribution in [2.75, 3.05) is 4.42 Å². The van der Waals surface area contributed by atoms with E-state index in [1.807, 2.05) is 12.1 Å². The van der Waals surface area contributed by atoms with Gasteiger partial charge in [0.25, 0.3) is 0 Å². The lowest BCUT2D eigenvalue weighted by Gasteiger charge is -2.09. The lowest BCUT2D eigenvalue weighted by molar-refractivity contribution is 0.206. The highest BCUT2D eigenvalue weighted by Crippen LogP contribution is 2.31. The van der Waals surface area contributed by atoms with Crippen LogP contribution in [0.3, 0.4) is 0 Å². The minimum absolute atomic E-state index is 0.465. The fourth-order valence-corrected chi connectivity index (χ4v) is 1.50. The summed E-state index contributed by atoms with van der Waals surface area (Å²) in [5, 5.41) is 8.73. The van der Waals surface area contributed by atoms with Crippen LogP contribution in [0.5, 0.6) is 0 Å². The number of anilines is 1. The fraction of sp³-hybridized carbons (Fsp3) is 0.250. The van der Waals surface area contributed by atoms with Crippen LogP contribution in [-0.2, 0) is 0 Å². The Hall–Kier alpha value is -1.48. The number of carboxylic acid groups (broad SMARTS) is 1. The van der Waals surface area contributed by atoms with Crippen LogP contribution in [0.4, 0.5) is 10.5 Å². The molecule has 1 aliphatic rings. The van der Waals surface area contributed by atoms with Gasteiger partial charge in [0.2, 0.25) is 0 Å². The molecule has 0 saturated heterocycles. The molecular weight excluding hydrogens is 226 g/mol. The zero-order valence-electron chi connectivity index (χ0n) is 8.64. The second-order valence-corrected chi connectivity index (χ2v) is 4.19. The van der Waals surface area contributed by atoms with Gasteiger partial charge in [-0.2, -0.15) is 4.42 Å². The third-order valence-corrected chi connectivity index (χ3v) is 2.79. The van der Waals surface area contributed by atoms with Crippen molar-refractivity contribution in [1.29, 1.82) is 0 Å². The number of allylic oxidation sites excluding steroid dienone is 1. The molecule has 1 aromatic rings. The summed E-state index contributed by atoms with van der Waals surface area (Å²) in [4.78, 5) is 10.7. The molecule has 0 aliphatic heterocycles. The minimum atomic E-state index is -1.18. The third kappa shape index (κ3) is 2.76. The Morgan fingerprint density at radius 3 is 2.88 bits per heavy atom. The summed E-state index contributed by atoms with van der Waals surface area (Å²) in [5.74, 6) is 0.704. The molecule has 0 bridgehead atoms. The number of hydrogen-bond donors (Lipinski definition) is 1. The molecule has 0 aromatic heterocycles. The van der Waals surface area contributed by atoms with Gasteiger partial charge in [0.05, 0.1) is 5.69 Å². The fourth-order valence-electron chi connectivity index (χ4n) is 1.40. The highest BCUT2D eigenvalue weighted by Gasteiger charge is 2.17. The van der Waals surface area contributed by atoms with E-state index in [0.29, 0.717) is 16.0 Å². The van der Waals surface area contributed by atoms with Gasteiger partial charge in [0, 0.05) is 11.8 Å². The van der Waals surface area contributed by atoms with Gasteiger partial charge in [-0.1, -0.05) is 24.3 Å². The van der Waals surface area contributed by atoms with Crippen molar-refractivity contribution < 1.29 is 9.90 Å². The normalized spacial score (nSPS) is 15.3. The van der Waals surface area contributed by atoms with Crippen LogP contribution in [0.25, 0.3) is 6.08 Å². The van der Waals surface area contributed by atoms with Crippen molar-refractivity contribution in [1.82, 2.24) is 0 Å². The van der Waals surface area contributed by atoms with Gasteiger partial charge in [0.15, 0.2) is 0 Å². The van der Waals surface area contributed by atoms with Crippen molar-refractivity contribution in [2.24, 2.45) is 5.92 Å². The maximum Gasteiger partial charge on any atom is 0.426 e. The van der Waals surface area contributed by atoms with E-state index in [4.69, 9.17) is 16.9 Å². The van der Waals surface area contributed by atoms with Gasteiger partial charge in [0.1, 0.15) is 0 Å². The zero-order chi connectivity index (χ0) is 11.5. The molecule has 0 radical (unpaired) electrons. The SMILES string of the molecule is O=C(O)N(Cl)c1cccc(C=CC2CC2)c1. The Kier molecular flexibility index (Phi) is 3.15. The summed E-state index contributed by atoms with van der Waals surface area (Å²) in [5.41, 5.74) is 1.43. The summed E-state index contributed by atoms with van der Waals surface area (Å²) >= 11 is 5.60. The lowest BCUT2D eigenvalue weighted by Crippen LogP contribution is -2.17. The number of amides is 1. The molecule has 0 unspecified atom stereocenters. The predicted molar refractivity (Wildman–Crippen MR) is 64.6 cm³/mol. The highest BCUT2D eigenvalue weighted by atomic mass is 35.5. The number of hydrogen-bond acceptors (Lipinski definition) is 1. The number of nitrogens with zero attached hydrogens (tertiary/aromatic N) is 1. The molecule has 1 aromatic carbocycles. The van der Waals surface area contributed by atoms with E-state index in [-0.39, 0.29) is 0 Å². The van der Waals surface area contributed by atoms with Gasteiger partial charge in [-0.05, 0) is 36.5 Å². The maximum absolute atomic E-state index is 10.7. The molecule has 2 rings (SSSR count). The predicted octanol–water partition coefficient (Wildman–Crippen LogP) is 3.75. The minimum Gasteiger partial charge on any atom is -0.464 e. The molecule has 0 spiro atoms. The average molecular weight is 238 g/mol. The molecule has 0 heterocycles. The summed E-state index contributed by atoms with van der Waals surface area (Å²) in [6.45, 7) is 0. The van der Waals surface area contributed by atoms with Gasteiger partial charge in [-0.25, -0.2) is 4.79 Å². The Morgan fingerprint density at radius 2 is 2.25 bits per heavy atom. The summed E-state index contributed by atoms with van der Waals surface area (Å²) < 4.78 is 0.689. The first kappa shape index (κ1) is 11.0. The molecule has 1 aliphatic carbocycles. The van der Waals surface area contributed by atoms with Crippen molar-refractivity contribution in [3.8, 4) is 0 Å². The Bertz CT molecular complexity index is 427. The van der Waals surface area contributed by atoms with Crippen LogP contribution in [-0.4, -0.2) is 11.2 Å². The van der Waals surface area contributed by atoms with Crippen molar-refractivity contribution in [3.05, 3.63) is 35.9 Å². The highest BCUT2D eigenvalue weighted by molar-refractivity contribution is 6.35. The number of rotatable bonds is 3. The van der Waals surface area contributed by atoms with E-state index in [1.54, 1.807) is 18.2 Å².